The van der Waals surface area contributed by atoms with Crippen molar-refractivity contribution in [3.05, 3.63) is 0 Å². The van der Waals surface area contributed by atoms with Crippen molar-refractivity contribution in [1.29, 1.82) is 0 Å². The summed E-state index contributed by atoms with van der Waals surface area (Å²) in [5.74, 6) is 0.838. The van der Waals surface area contributed by atoms with Gasteiger partial charge in [0.25, 0.3) is 0 Å². The molecule has 3 nitrogen and oxygen atoms in total. The molecule has 0 aromatic rings. The van der Waals surface area contributed by atoms with Crippen molar-refractivity contribution < 1.29 is 4.74 Å². The average molecular weight is 268 g/mol. The molecule has 3 atom stereocenters. The molecule has 112 valence electrons. The molecule has 1 N–H and O–H groups in total. The fraction of sp³-hybridized carbons (Fsp3) is 1.00. The first-order valence-corrected chi connectivity index (χ1v) is 8.40. The van der Waals surface area contributed by atoms with Crippen LogP contribution in [-0.2, 0) is 4.74 Å². The molecule has 0 aromatic carbocycles. The second kappa shape index (κ2) is 8.23. The number of ether oxygens (including phenoxy) is 1. The summed E-state index contributed by atoms with van der Waals surface area (Å²) in [5, 5.41) is 3.74. The maximum Gasteiger partial charge on any atom is 0.0588 e. The van der Waals surface area contributed by atoms with Crippen molar-refractivity contribution in [2.24, 2.45) is 5.92 Å². The van der Waals surface area contributed by atoms with E-state index in [-0.39, 0.29) is 0 Å². The zero-order chi connectivity index (χ0) is 13.5. The van der Waals surface area contributed by atoms with Gasteiger partial charge in [-0.05, 0) is 51.1 Å². The SMILES string of the molecule is CCCNC1CCN(CCC2CCCO2)CC1CC. The van der Waals surface area contributed by atoms with Crippen molar-refractivity contribution in [1.82, 2.24) is 10.2 Å². The van der Waals surface area contributed by atoms with E-state index in [1.54, 1.807) is 0 Å². The van der Waals surface area contributed by atoms with E-state index in [4.69, 9.17) is 4.74 Å². The molecular formula is C16H32N2O. The standard InChI is InChI=1S/C16H32N2O/c1-3-9-17-16-8-11-18(13-14(16)4-2)10-7-15-6-5-12-19-15/h14-17H,3-13H2,1-2H3. The van der Waals surface area contributed by atoms with Crippen molar-refractivity contribution in [2.75, 3.05) is 32.8 Å². The summed E-state index contributed by atoms with van der Waals surface area (Å²) in [6, 6.07) is 0.754. The third-order valence-electron chi connectivity index (χ3n) is 4.79. The number of hydrogen-bond donors (Lipinski definition) is 1. The Hall–Kier alpha value is -0.120. The lowest BCUT2D eigenvalue weighted by Gasteiger charge is -2.39. The lowest BCUT2D eigenvalue weighted by Crippen LogP contribution is -2.49. The Morgan fingerprint density at radius 3 is 2.84 bits per heavy atom. The lowest BCUT2D eigenvalue weighted by molar-refractivity contribution is 0.0764. The number of nitrogens with one attached hydrogen (secondary N) is 1. The van der Waals surface area contributed by atoms with Gasteiger partial charge in [0.05, 0.1) is 6.10 Å². The topological polar surface area (TPSA) is 24.5 Å². The molecule has 2 saturated heterocycles. The number of rotatable bonds is 7. The van der Waals surface area contributed by atoms with Gasteiger partial charge in [0.1, 0.15) is 0 Å². The van der Waals surface area contributed by atoms with Gasteiger partial charge in [0, 0.05) is 25.7 Å². The van der Waals surface area contributed by atoms with E-state index in [0.717, 1.165) is 18.6 Å². The second-order valence-corrected chi connectivity index (χ2v) is 6.24. The average Bonchev–Trinajstić information content (AvgIpc) is 2.96. The largest absolute Gasteiger partial charge is 0.378 e. The van der Waals surface area contributed by atoms with E-state index in [0.29, 0.717) is 6.10 Å². The highest BCUT2D eigenvalue weighted by Crippen LogP contribution is 2.22. The molecule has 2 aliphatic rings. The third-order valence-corrected chi connectivity index (χ3v) is 4.79. The molecule has 19 heavy (non-hydrogen) atoms. The van der Waals surface area contributed by atoms with Gasteiger partial charge in [-0.15, -0.1) is 0 Å². The van der Waals surface area contributed by atoms with Gasteiger partial charge >= 0.3 is 0 Å². The van der Waals surface area contributed by atoms with E-state index in [1.807, 2.05) is 0 Å². The van der Waals surface area contributed by atoms with Crippen LogP contribution in [0.25, 0.3) is 0 Å². The summed E-state index contributed by atoms with van der Waals surface area (Å²) in [5.41, 5.74) is 0. The van der Waals surface area contributed by atoms with Crippen molar-refractivity contribution in [3.8, 4) is 0 Å². The van der Waals surface area contributed by atoms with Crippen LogP contribution in [0.3, 0.4) is 0 Å². The first kappa shape index (κ1) is 15.3. The van der Waals surface area contributed by atoms with Gasteiger partial charge < -0.3 is 15.0 Å². The van der Waals surface area contributed by atoms with Crippen LogP contribution in [0.1, 0.15) is 52.4 Å². The highest BCUT2D eigenvalue weighted by atomic mass is 16.5. The normalized spacial score (nSPS) is 32.8. The highest BCUT2D eigenvalue weighted by Gasteiger charge is 2.27. The molecule has 0 aromatic heterocycles. The summed E-state index contributed by atoms with van der Waals surface area (Å²) in [6.45, 7) is 10.6. The zero-order valence-electron chi connectivity index (χ0n) is 12.9. The molecule has 3 unspecified atom stereocenters. The smallest absolute Gasteiger partial charge is 0.0588 e. The predicted molar refractivity (Wildman–Crippen MR) is 80.5 cm³/mol. The van der Waals surface area contributed by atoms with Gasteiger partial charge in [0.2, 0.25) is 0 Å². The number of likely N-dealkylation sites (tertiary alicyclic amines) is 1. The molecule has 2 heterocycles. The van der Waals surface area contributed by atoms with Crippen LogP contribution in [0.4, 0.5) is 0 Å². The Bertz CT molecular complexity index is 241. The lowest BCUT2D eigenvalue weighted by atomic mass is 9.89. The first-order chi connectivity index (χ1) is 9.33. The van der Waals surface area contributed by atoms with E-state index >= 15 is 0 Å². The van der Waals surface area contributed by atoms with Gasteiger partial charge in [-0.2, -0.15) is 0 Å². The molecule has 0 saturated carbocycles. The third kappa shape index (κ3) is 4.73. The van der Waals surface area contributed by atoms with Gasteiger partial charge in [-0.3, -0.25) is 0 Å². The van der Waals surface area contributed by atoms with Gasteiger partial charge in [0.15, 0.2) is 0 Å². The Balaban J connectivity index is 1.69. The minimum atomic E-state index is 0.552. The molecule has 0 radical (unpaired) electrons. The van der Waals surface area contributed by atoms with E-state index in [1.165, 1.54) is 64.7 Å². The van der Waals surface area contributed by atoms with E-state index in [2.05, 4.69) is 24.1 Å². The first-order valence-electron chi connectivity index (χ1n) is 8.40. The van der Waals surface area contributed by atoms with E-state index in [9.17, 15) is 0 Å². The predicted octanol–water partition coefficient (Wildman–Crippen LogP) is 2.66. The Labute approximate surface area is 119 Å². The van der Waals surface area contributed by atoms with Gasteiger partial charge in [-0.25, -0.2) is 0 Å². The monoisotopic (exact) mass is 268 g/mol. The molecule has 2 aliphatic heterocycles. The van der Waals surface area contributed by atoms with Crippen LogP contribution in [0, 0.1) is 5.92 Å². The van der Waals surface area contributed by atoms with Crippen LogP contribution in [0.5, 0.6) is 0 Å². The molecule has 0 amide bonds. The molecular weight excluding hydrogens is 236 g/mol. The van der Waals surface area contributed by atoms with Crippen molar-refractivity contribution >= 4 is 0 Å². The molecule has 0 spiro atoms. The maximum atomic E-state index is 5.73. The molecule has 0 bridgehead atoms. The summed E-state index contributed by atoms with van der Waals surface area (Å²) < 4.78 is 5.73. The number of hydrogen-bond acceptors (Lipinski definition) is 3. The summed E-state index contributed by atoms with van der Waals surface area (Å²) in [6.07, 6.45) is 8.22. The zero-order valence-corrected chi connectivity index (χ0v) is 12.9. The van der Waals surface area contributed by atoms with Crippen molar-refractivity contribution in [2.45, 2.75) is 64.5 Å². The van der Waals surface area contributed by atoms with E-state index < -0.39 is 0 Å². The van der Waals surface area contributed by atoms with Crippen LogP contribution in [0.15, 0.2) is 0 Å². The Kier molecular flexibility index (Phi) is 6.62. The highest BCUT2D eigenvalue weighted by molar-refractivity contribution is 4.85. The van der Waals surface area contributed by atoms with Crippen LogP contribution in [0.2, 0.25) is 0 Å². The van der Waals surface area contributed by atoms with Crippen LogP contribution >= 0.6 is 0 Å². The summed E-state index contributed by atoms with van der Waals surface area (Å²) in [4.78, 5) is 2.67. The van der Waals surface area contributed by atoms with Gasteiger partial charge in [-0.1, -0.05) is 20.3 Å². The Morgan fingerprint density at radius 1 is 1.26 bits per heavy atom. The van der Waals surface area contributed by atoms with Crippen LogP contribution < -0.4 is 5.32 Å². The molecule has 2 fully saturated rings. The second-order valence-electron chi connectivity index (χ2n) is 6.24. The molecule has 2 rings (SSSR count). The summed E-state index contributed by atoms with van der Waals surface area (Å²) in [7, 11) is 0. The quantitative estimate of drug-likeness (QED) is 0.768. The number of nitrogens with zero attached hydrogens (tertiary/aromatic N) is 1. The number of piperidine rings is 1. The maximum absolute atomic E-state index is 5.73. The Morgan fingerprint density at radius 2 is 2.16 bits per heavy atom. The van der Waals surface area contributed by atoms with Crippen molar-refractivity contribution in [3.63, 3.8) is 0 Å². The minimum Gasteiger partial charge on any atom is -0.378 e. The minimum absolute atomic E-state index is 0.552. The van der Waals surface area contributed by atoms with Crippen LogP contribution in [-0.4, -0.2) is 49.8 Å². The fourth-order valence-corrected chi connectivity index (χ4v) is 3.52. The summed E-state index contributed by atoms with van der Waals surface area (Å²) >= 11 is 0. The molecule has 3 heteroatoms. The molecule has 0 aliphatic carbocycles. The fourth-order valence-electron chi connectivity index (χ4n) is 3.52.